The van der Waals surface area contributed by atoms with Gasteiger partial charge in [0.15, 0.2) is 0 Å². The molecule has 21 heavy (non-hydrogen) atoms. The zero-order valence-electron chi connectivity index (χ0n) is 12.1. The van der Waals surface area contributed by atoms with E-state index in [0.29, 0.717) is 0 Å². The van der Waals surface area contributed by atoms with E-state index in [-0.39, 0.29) is 5.75 Å². The normalized spacial score (nSPS) is 12.3. The molecule has 1 aromatic carbocycles. The summed E-state index contributed by atoms with van der Waals surface area (Å²) in [5.41, 5.74) is 1.82. The van der Waals surface area contributed by atoms with Gasteiger partial charge in [0.1, 0.15) is 5.75 Å². The predicted octanol–water partition coefficient (Wildman–Crippen LogP) is 3.95. The number of nitrogens with one attached hydrogen (secondary N) is 1. The number of fused-ring (bicyclic) bond motifs is 1. The van der Waals surface area contributed by atoms with Crippen LogP contribution >= 0.6 is 0 Å². The van der Waals surface area contributed by atoms with Gasteiger partial charge in [-0.2, -0.15) is 0 Å². The van der Waals surface area contributed by atoms with Crippen LogP contribution in [0.3, 0.4) is 0 Å². The molecule has 0 aliphatic carbocycles. The Hall–Kier alpha value is -1.69. The van der Waals surface area contributed by atoms with Crippen LogP contribution in [0.25, 0.3) is 10.9 Å². The van der Waals surface area contributed by atoms with E-state index < -0.39 is 6.36 Å². The summed E-state index contributed by atoms with van der Waals surface area (Å²) < 4.78 is 40.8. The number of nitrogens with zero attached hydrogens (tertiary/aromatic N) is 1. The molecule has 0 amide bonds. The number of H-pyrrole nitrogens is 1. The summed E-state index contributed by atoms with van der Waals surface area (Å²) in [6.45, 7) is 3.99. The van der Waals surface area contributed by atoms with Gasteiger partial charge in [0.25, 0.3) is 0 Å². The summed E-state index contributed by atoms with van der Waals surface area (Å²) in [6.07, 6.45) is -0.951. The van der Waals surface area contributed by atoms with Crippen molar-refractivity contribution >= 4 is 10.9 Å². The largest absolute Gasteiger partial charge is 0.573 e. The number of hydrogen-bond acceptors (Lipinski definition) is 2. The molecule has 2 aromatic rings. The lowest BCUT2D eigenvalue weighted by atomic mass is 10.1. The van der Waals surface area contributed by atoms with E-state index in [0.717, 1.165) is 42.4 Å². The topological polar surface area (TPSA) is 28.3 Å². The number of likely N-dealkylation sites (N-methyl/N-ethyl adjacent to an activating group) is 1. The van der Waals surface area contributed by atoms with Gasteiger partial charge in [0.2, 0.25) is 0 Å². The molecule has 1 heterocycles. The highest BCUT2D eigenvalue weighted by Gasteiger charge is 2.31. The van der Waals surface area contributed by atoms with Crippen molar-refractivity contribution < 1.29 is 17.9 Å². The van der Waals surface area contributed by atoms with Gasteiger partial charge in [-0.15, -0.1) is 13.2 Å². The van der Waals surface area contributed by atoms with Crippen LogP contribution in [-0.2, 0) is 6.42 Å². The van der Waals surface area contributed by atoms with Crippen molar-refractivity contribution in [1.29, 1.82) is 0 Å². The quantitative estimate of drug-likeness (QED) is 0.875. The van der Waals surface area contributed by atoms with Crippen LogP contribution in [0.1, 0.15) is 18.9 Å². The third kappa shape index (κ3) is 4.39. The van der Waals surface area contributed by atoms with Gasteiger partial charge in [0, 0.05) is 23.6 Å². The molecule has 3 nitrogen and oxygen atoms in total. The molecular weight excluding hydrogens is 281 g/mol. The van der Waals surface area contributed by atoms with Crippen LogP contribution in [0, 0.1) is 0 Å². The molecule has 0 radical (unpaired) electrons. The fraction of sp³-hybridized carbons (Fsp3) is 0.467. The summed E-state index contributed by atoms with van der Waals surface area (Å²) in [6, 6.07) is 4.36. The second-order valence-electron chi connectivity index (χ2n) is 5.12. The van der Waals surface area contributed by atoms with Crippen LogP contribution in [-0.4, -0.2) is 36.4 Å². The van der Waals surface area contributed by atoms with Gasteiger partial charge < -0.3 is 14.6 Å². The van der Waals surface area contributed by atoms with Gasteiger partial charge in [-0.25, -0.2) is 0 Å². The van der Waals surface area contributed by atoms with Gasteiger partial charge in [-0.1, -0.05) is 6.92 Å². The summed E-state index contributed by atoms with van der Waals surface area (Å²) in [7, 11) is 2.04. The lowest BCUT2D eigenvalue weighted by molar-refractivity contribution is -0.274. The summed E-state index contributed by atoms with van der Waals surface area (Å²) in [5.74, 6) is -0.183. The molecule has 0 saturated carbocycles. The predicted molar refractivity (Wildman–Crippen MR) is 76.5 cm³/mol. The number of halogens is 3. The Bertz CT molecular complexity index is 592. The van der Waals surface area contributed by atoms with Crippen molar-refractivity contribution in [1.82, 2.24) is 9.88 Å². The number of aromatic amines is 1. The fourth-order valence-electron chi connectivity index (χ4n) is 2.37. The van der Waals surface area contributed by atoms with Crippen molar-refractivity contribution in [2.75, 3.05) is 20.1 Å². The van der Waals surface area contributed by atoms with Gasteiger partial charge in [-0.05, 0) is 50.2 Å². The molecule has 116 valence electrons. The van der Waals surface area contributed by atoms with Gasteiger partial charge >= 0.3 is 6.36 Å². The Labute approximate surface area is 121 Å². The second kappa shape index (κ2) is 6.39. The molecule has 0 unspecified atom stereocenters. The molecule has 0 spiro atoms. The average molecular weight is 300 g/mol. The number of benzene rings is 1. The minimum Gasteiger partial charge on any atom is -0.406 e. The van der Waals surface area contributed by atoms with Crippen molar-refractivity contribution in [2.45, 2.75) is 26.1 Å². The van der Waals surface area contributed by atoms with Crippen LogP contribution in [0.4, 0.5) is 13.2 Å². The van der Waals surface area contributed by atoms with E-state index in [4.69, 9.17) is 0 Å². The molecule has 0 fully saturated rings. The zero-order valence-corrected chi connectivity index (χ0v) is 12.1. The van der Waals surface area contributed by atoms with E-state index in [9.17, 15) is 13.2 Å². The van der Waals surface area contributed by atoms with Crippen LogP contribution in [0.2, 0.25) is 0 Å². The summed E-state index contributed by atoms with van der Waals surface area (Å²) in [5, 5.41) is 0.779. The van der Waals surface area contributed by atoms with Crippen LogP contribution < -0.4 is 4.74 Å². The van der Waals surface area contributed by atoms with E-state index in [2.05, 4.69) is 21.5 Å². The number of ether oxygens (including phenoxy) is 1. The summed E-state index contributed by atoms with van der Waals surface area (Å²) >= 11 is 0. The Morgan fingerprint density at radius 2 is 2.00 bits per heavy atom. The Morgan fingerprint density at radius 1 is 1.24 bits per heavy atom. The zero-order chi connectivity index (χ0) is 15.5. The average Bonchev–Trinajstić information content (AvgIpc) is 2.77. The van der Waals surface area contributed by atoms with E-state index in [1.165, 1.54) is 12.1 Å². The Kier molecular flexibility index (Phi) is 4.77. The SMILES string of the molecule is CCCN(C)CCc1c[nH]c2ccc(OC(F)(F)F)cc12. The molecular formula is C15H19F3N2O. The summed E-state index contributed by atoms with van der Waals surface area (Å²) in [4.78, 5) is 5.28. The fourth-order valence-corrected chi connectivity index (χ4v) is 2.37. The molecule has 0 saturated heterocycles. The minimum atomic E-state index is -4.66. The van der Waals surface area contributed by atoms with Crippen molar-refractivity contribution in [3.05, 3.63) is 30.0 Å². The van der Waals surface area contributed by atoms with E-state index in [1.807, 2.05) is 13.2 Å². The molecule has 2 rings (SSSR count). The Balaban J connectivity index is 2.15. The third-order valence-electron chi connectivity index (χ3n) is 3.34. The lowest BCUT2D eigenvalue weighted by Crippen LogP contribution is -2.21. The number of aromatic nitrogens is 1. The van der Waals surface area contributed by atoms with Gasteiger partial charge in [-0.3, -0.25) is 0 Å². The monoisotopic (exact) mass is 300 g/mol. The van der Waals surface area contributed by atoms with E-state index in [1.54, 1.807) is 6.07 Å². The van der Waals surface area contributed by atoms with Crippen LogP contribution in [0.5, 0.6) is 5.75 Å². The molecule has 0 atom stereocenters. The number of hydrogen-bond donors (Lipinski definition) is 1. The van der Waals surface area contributed by atoms with Crippen molar-refractivity contribution in [2.24, 2.45) is 0 Å². The standard InChI is InChI=1S/C15H19F3N2O/c1-3-7-20(2)8-6-11-10-19-14-5-4-12(9-13(11)14)21-15(16,17)18/h4-5,9-10,19H,3,6-8H2,1-2H3. The highest BCUT2D eigenvalue weighted by Crippen LogP contribution is 2.28. The second-order valence-corrected chi connectivity index (χ2v) is 5.12. The smallest absolute Gasteiger partial charge is 0.406 e. The highest BCUT2D eigenvalue weighted by atomic mass is 19.4. The minimum absolute atomic E-state index is 0.183. The van der Waals surface area contributed by atoms with Crippen LogP contribution in [0.15, 0.2) is 24.4 Å². The first-order valence-electron chi connectivity index (χ1n) is 6.93. The van der Waals surface area contributed by atoms with Crippen molar-refractivity contribution in [3.8, 4) is 5.75 Å². The first-order valence-corrected chi connectivity index (χ1v) is 6.93. The van der Waals surface area contributed by atoms with E-state index >= 15 is 0 Å². The third-order valence-corrected chi connectivity index (χ3v) is 3.34. The number of alkyl halides is 3. The molecule has 0 aliphatic heterocycles. The highest BCUT2D eigenvalue weighted by molar-refractivity contribution is 5.84. The molecule has 0 bridgehead atoms. The molecule has 0 aliphatic rings. The first-order chi connectivity index (χ1) is 9.89. The first kappa shape index (κ1) is 15.7. The maximum atomic E-state index is 12.3. The molecule has 6 heteroatoms. The Morgan fingerprint density at radius 3 is 2.67 bits per heavy atom. The maximum absolute atomic E-state index is 12.3. The number of rotatable bonds is 6. The molecule has 1 N–H and O–H groups in total. The molecule has 1 aromatic heterocycles. The van der Waals surface area contributed by atoms with Gasteiger partial charge in [0.05, 0.1) is 0 Å². The maximum Gasteiger partial charge on any atom is 0.573 e. The van der Waals surface area contributed by atoms with Crippen molar-refractivity contribution in [3.63, 3.8) is 0 Å². The lowest BCUT2D eigenvalue weighted by Gasteiger charge is -2.14.